The van der Waals surface area contributed by atoms with E-state index in [2.05, 4.69) is 30.8 Å². The van der Waals surface area contributed by atoms with Crippen LogP contribution in [0.4, 0.5) is 11.8 Å². The lowest BCUT2D eigenvalue weighted by Crippen LogP contribution is -2.08. The molecule has 0 atom stereocenters. The molecule has 0 saturated heterocycles. The summed E-state index contributed by atoms with van der Waals surface area (Å²) >= 11 is 0. The van der Waals surface area contributed by atoms with Crippen LogP contribution in [0, 0.1) is 0 Å². The van der Waals surface area contributed by atoms with Gasteiger partial charge in [0.2, 0.25) is 5.95 Å². The number of hydrogen-bond donors (Lipinski definition) is 2. The summed E-state index contributed by atoms with van der Waals surface area (Å²) in [7, 11) is 3.71. The maximum Gasteiger partial charge on any atom is 0.224 e. The van der Waals surface area contributed by atoms with E-state index in [-0.39, 0.29) is 0 Å². The van der Waals surface area contributed by atoms with Gasteiger partial charge in [0.15, 0.2) is 5.82 Å². The third-order valence-corrected chi connectivity index (χ3v) is 3.05. The summed E-state index contributed by atoms with van der Waals surface area (Å²) in [4.78, 5) is 8.88. The summed E-state index contributed by atoms with van der Waals surface area (Å²) in [6, 6.07) is 7.89. The van der Waals surface area contributed by atoms with Gasteiger partial charge in [-0.15, -0.1) is 10.2 Å². The van der Waals surface area contributed by atoms with Gasteiger partial charge in [0.1, 0.15) is 12.1 Å². The van der Waals surface area contributed by atoms with Gasteiger partial charge in [0.05, 0.1) is 12.1 Å². The van der Waals surface area contributed by atoms with E-state index in [1.165, 1.54) is 0 Å². The molecule has 0 aliphatic rings. The summed E-state index contributed by atoms with van der Waals surface area (Å²) in [5.74, 6) is 2.21. The Morgan fingerprint density at radius 2 is 2.05 bits per heavy atom. The van der Waals surface area contributed by atoms with Gasteiger partial charge in [0, 0.05) is 19.5 Å². The van der Waals surface area contributed by atoms with Crippen molar-refractivity contribution >= 4 is 22.7 Å². The molecule has 0 bridgehead atoms. The molecule has 3 aromatic rings. The summed E-state index contributed by atoms with van der Waals surface area (Å²) < 4.78 is 1.87. The van der Waals surface area contributed by atoms with E-state index in [9.17, 15) is 0 Å². The molecule has 0 radical (unpaired) electrons. The molecular weight excluding hydrogens is 254 g/mol. The van der Waals surface area contributed by atoms with E-state index in [1.807, 2.05) is 35.9 Å². The van der Waals surface area contributed by atoms with Crippen molar-refractivity contribution in [3.63, 3.8) is 0 Å². The Morgan fingerprint density at radius 1 is 1.20 bits per heavy atom. The van der Waals surface area contributed by atoms with Crippen LogP contribution in [0.5, 0.6) is 0 Å². The Balaban J connectivity index is 1.95. The van der Waals surface area contributed by atoms with Gasteiger partial charge in [-0.05, 0) is 12.1 Å². The lowest BCUT2D eigenvalue weighted by atomic mass is 10.2. The fraction of sp³-hybridized carbons (Fsp3) is 0.231. The molecule has 2 aromatic heterocycles. The lowest BCUT2D eigenvalue weighted by Gasteiger charge is -2.10. The molecule has 2 heterocycles. The molecule has 20 heavy (non-hydrogen) atoms. The van der Waals surface area contributed by atoms with Gasteiger partial charge in [-0.3, -0.25) is 0 Å². The van der Waals surface area contributed by atoms with E-state index >= 15 is 0 Å². The fourth-order valence-electron chi connectivity index (χ4n) is 1.95. The van der Waals surface area contributed by atoms with Crippen molar-refractivity contribution < 1.29 is 0 Å². The molecule has 0 amide bonds. The van der Waals surface area contributed by atoms with Crippen LogP contribution in [0.25, 0.3) is 10.9 Å². The first-order valence-corrected chi connectivity index (χ1v) is 6.29. The molecule has 0 aliphatic heterocycles. The Hall–Kier alpha value is -2.70. The molecule has 7 nitrogen and oxygen atoms in total. The lowest BCUT2D eigenvalue weighted by molar-refractivity contribution is 0.810. The van der Waals surface area contributed by atoms with E-state index in [4.69, 9.17) is 0 Å². The highest BCUT2D eigenvalue weighted by Gasteiger charge is 2.07. The van der Waals surface area contributed by atoms with Gasteiger partial charge in [-0.25, -0.2) is 4.98 Å². The van der Waals surface area contributed by atoms with Crippen LogP contribution in [0.3, 0.4) is 0 Å². The first-order chi connectivity index (χ1) is 9.78. The molecule has 2 N–H and O–H groups in total. The van der Waals surface area contributed by atoms with E-state index < -0.39 is 0 Å². The van der Waals surface area contributed by atoms with Crippen LogP contribution in [-0.2, 0) is 13.6 Å². The Labute approximate surface area is 116 Å². The number of hydrogen-bond acceptors (Lipinski definition) is 6. The second kappa shape index (κ2) is 5.12. The SMILES string of the molecule is CNc1nc(NCc2nncn2C)c2ccccc2n1. The molecule has 0 spiro atoms. The first-order valence-electron chi connectivity index (χ1n) is 6.29. The minimum absolute atomic E-state index is 0.556. The highest BCUT2D eigenvalue weighted by Crippen LogP contribution is 2.21. The number of benzene rings is 1. The molecule has 0 aliphatic carbocycles. The second-order valence-electron chi connectivity index (χ2n) is 4.37. The molecule has 102 valence electrons. The number of aryl methyl sites for hydroxylation is 1. The van der Waals surface area contributed by atoms with Crippen LogP contribution in [0.1, 0.15) is 5.82 Å². The zero-order valence-electron chi connectivity index (χ0n) is 11.3. The predicted molar refractivity (Wildman–Crippen MR) is 77.4 cm³/mol. The minimum atomic E-state index is 0.556. The third-order valence-electron chi connectivity index (χ3n) is 3.05. The molecular formula is C13H15N7. The van der Waals surface area contributed by atoms with Crippen molar-refractivity contribution in [3.05, 3.63) is 36.4 Å². The number of rotatable bonds is 4. The number of anilines is 2. The highest BCUT2D eigenvalue weighted by atomic mass is 15.3. The van der Waals surface area contributed by atoms with Crippen molar-refractivity contribution in [2.24, 2.45) is 7.05 Å². The summed E-state index contributed by atoms with van der Waals surface area (Å²) in [6.07, 6.45) is 1.67. The largest absolute Gasteiger partial charge is 0.362 e. The molecule has 1 aromatic carbocycles. The van der Waals surface area contributed by atoms with E-state index in [0.29, 0.717) is 12.5 Å². The number of nitrogens with one attached hydrogen (secondary N) is 2. The molecule has 0 unspecified atom stereocenters. The van der Waals surface area contributed by atoms with Gasteiger partial charge in [-0.1, -0.05) is 12.1 Å². The van der Waals surface area contributed by atoms with Crippen LogP contribution >= 0.6 is 0 Å². The standard InChI is InChI=1S/C13H15N7/c1-14-13-17-10-6-4-3-5-9(10)12(18-13)15-7-11-19-16-8-20(11)2/h3-6,8H,7H2,1-2H3,(H2,14,15,17,18). The van der Waals surface area contributed by atoms with Gasteiger partial charge < -0.3 is 15.2 Å². The number of fused-ring (bicyclic) bond motifs is 1. The van der Waals surface area contributed by atoms with Crippen LogP contribution in [0.2, 0.25) is 0 Å². The van der Waals surface area contributed by atoms with Crippen molar-refractivity contribution in [1.29, 1.82) is 0 Å². The topological polar surface area (TPSA) is 80.5 Å². The number of aromatic nitrogens is 5. The second-order valence-corrected chi connectivity index (χ2v) is 4.37. The van der Waals surface area contributed by atoms with Crippen molar-refractivity contribution in [2.45, 2.75) is 6.54 Å². The quantitative estimate of drug-likeness (QED) is 0.745. The Morgan fingerprint density at radius 3 is 2.80 bits per heavy atom. The van der Waals surface area contributed by atoms with E-state index in [0.717, 1.165) is 22.5 Å². The maximum absolute atomic E-state index is 4.46. The van der Waals surface area contributed by atoms with Gasteiger partial charge >= 0.3 is 0 Å². The smallest absolute Gasteiger partial charge is 0.224 e. The monoisotopic (exact) mass is 269 g/mol. The summed E-state index contributed by atoms with van der Waals surface area (Å²) in [5, 5.41) is 15.1. The zero-order valence-corrected chi connectivity index (χ0v) is 11.3. The van der Waals surface area contributed by atoms with Gasteiger partial charge in [0.25, 0.3) is 0 Å². The molecule has 3 rings (SSSR count). The zero-order chi connectivity index (χ0) is 13.9. The number of nitrogens with zero attached hydrogens (tertiary/aromatic N) is 5. The predicted octanol–water partition coefficient (Wildman–Crippen LogP) is 1.41. The molecule has 0 fully saturated rings. The summed E-state index contributed by atoms with van der Waals surface area (Å²) in [5.41, 5.74) is 0.896. The third kappa shape index (κ3) is 2.25. The van der Waals surface area contributed by atoms with Crippen molar-refractivity contribution in [1.82, 2.24) is 24.7 Å². The highest BCUT2D eigenvalue weighted by molar-refractivity contribution is 5.89. The average Bonchev–Trinajstić information content (AvgIpc) is 2.89. The molecule has 0 saturated carbocycles. The fourth-order valence-corrected chi connectivity index (χ4v) is 1.95. The summed E-state index contributed by atoms with van der Waals surface area (Å²) in [6.45, 7) is 0.556. The Kier molecular flexibility index (Phi) is 3.16. The Bertz CT molecular complexity index is 734. The minimum Gasteiger partial charge on any atom is -0.362 e. The first kappa shape index (κ1) is 12.3. The number of para-hydroxylation sites is 1. The molecule has 7 heteroatoms. The van der Waals surface area contributed by atoms with Crippen molar-refractivity contribution in [3.8, 4) is 0 Å². The van der Waals surface area contributed by atoms with Gasteiger partial charge in [-0.2, -0.15) is 4.98 Å². The van der Waals surface area contributed by atoms with E-state index in [1.54, 1.807) is 13.4 Å². The van der Waals surface area contributed by atoms with Crippen LogP contribution in [-0.4, -0.2) is 31.8 Å². The van der Waals surface area contributed by atoms with Crippen LogP contribution in [0.15, 0.2) is 30.6 Å². The normalized spacial score (nSPS) is 10.7. The van der Waals surface area contributed by atoms with Crippen LogP contribution < -0.4 is 10.6 Å². The average molecular weight is 269 g/mol. The van der Waals surface area contributed by atoms with Crippen molar-refractivity contribution in [2.75, 3.05) is 17.7 Å². The maximum atomic E-state index is 4.46.